The summed E-state index contributed by atoms with van der Waals surface area (Å²) >= 11 is 0. The van der Waals surface area contributed by atoms with Crippen LogP contribution in [0.3, 0.4) is 0 Å². The van der Waals surface area contributed by atoms with Gasteiger partial charge in [-0.3, -0.25) is 0 Å². The Bertz CT molecular complexity index is 188. The zero-order chi connectivity index (χ0) is 12.7. The monoisotopic (exact) mass is 241 g/mol. The van der Waals surface area contributed by atoms with Crippen molar-refractivity contribution in [3.8, 4) is 0 Å². The van der Waals surface area contributed by atoms with E-state index < -0.39 is 0 Å². The minimum absolute atomic E-state index is 0.452. The molecule has 0 aromatic heterocycles. The molecule has 0 aromatic carbocycles. The molecule has 1 aliphatic rings. The minimum atomic E-state index is 0.452. The summed E-state index contributed by atoms with van der Waals surface area (Å²) in [6, 6.07) is 0.452. The highest BCUT2D eigenvalue weighted by Gasteiger charge is 2.16. The summed E-state index contributed by atoms with van der Waals surface area (Å²) in [5, 5.41) is 0. The molecule has 17 heavy (non-hydrogen) atoms. The van der Waals surface area contributed by atoms with Crippen molar-refractivity contribution in [1.82, 2.24) is 9.80 Å². The Morgan fingerprint density at radius 2 is 1.94 bits per heavy atom. The van der Waals surface area contributed by atoms with Gasteiger partial charge in [0, 0.05) is 25.7 Å². The molecule has 0 bridgehead atoms. The van der Waals surface area contributed by atoms with Gasteiger partial charge < -0.3 is 15.5 Å². The lowest BCUT2D eigenvalue weighted by molar-refractivity contribution is 0.166. The fourth-order valence-electron chi connectivity index (χ4n) is 2.41. The maximum atomic E-state index is 5.93. The van der Waals surface area contributed by atoms with Crippen molar-refractivity contribution in [3.63, 3.8) is 0 Å². The van der Waals surface area contributed by atoms with Crippen LogP contribution in [0.2, 0.25) is 0 Å². The summed E-state index contributed by atoms with van der Waals surface area (Å²) < 4.78 is 0. The molecule has 1 rings (SSSR count). The molecule has 102 valence electrons. The van der Waals surface area contributed by atoms with E-state index in [-0.39, 0.29) is 0 Å². The maximum Gasteiger partial charge on any atom is 0.0109 e. The second kappa shape index (κ2) is 8.06. The zero-order valence-corrected chi connectivity index (χ0v) is 12.0. The van der Waals surface area contributed by atoms with Crippen molar-refractivity contribution in [1.29, 1.82) is 0 Å². The number of rotatable bonds is 7. The van der Waals surface area contributed by atoms with E-state index in [1.54, 1.807) is 0 Å². The second-order valence-corrected chi connectivity index (χ2v) is 5.59. The third kappa shape index (κ3) is 5.84. The maximum absolute atomic E-state index is 5.93. The average molecular weight is 241 g/mol. The second-order valence-electron chi connectivity index (χ2n) is 5.59. The SMILES string of the molecule is CCC(C)CN(CC)CCN1CCC(N)CC1. The van der Waals surface area contributed by atoms with Crippen LogP contribution >= 0.6 is 0 Å². The van der Waals surface area contributed by atoms with Crippen molar-refractivity contribution in [3.05, 3.63) is 0 Å². The van der Waals surface area contributed by atoms with E-state index in [1.165, 1.54) is 58.5 Å². The smallest absolute Gasteiger partial charge is 0.0109 e. The van der Waals surface area contributed by atoms with Crippen LogP contribution in [-0.2, 0) is 0 Å². The minimum Gasteiger partial charge on any atom is -0.328 e. The number of nitrogens with zero attached hydrogens (tertiary/aromatic N) is 2. The highest BCUT2D eigenvalue weighted by atomic mass is 15.2. The Morgan fingerprint density at radius 3 is 2.47 bits per heavy atom. The fourth-order valence-corrected chi connectivity index (χ4v) is 2.41. The molecule has 1 heterocycles. The average Bonchev–Trinajstić information content (AvgIpc) is 2.36. The number of likely N-dealkylation sites (N-methyl/N-ethyl adjacent to an activating group) is 1. The standard InChI is InChI=1S/C14H31N3/c1-4-13(3)12-16(5-2)10-11-17-8-6-14(15)7-9-17/h13-14H,4-12,15H2,1-3H3. The lowest BCUT2D eigenvalue weighted by Crippen LogP contribution is -2.43. The molecule has 1 saturated heterocycles. The summed E-state index contributed by atoms with van der Waals surface area (Å²) in [4.78, 5) is 5.16. The van der Waals surface area contributed by atoms with Gasteiger partial charge in [0.1, 0.15) is 0 Å². The quantitative estimate of drug-likeness (QED) is 0.737. The van der Waals surface area contributed by atoms with Crippen molar-refractivity contribution in [2.75, 3.05) is 39.3 Å². The molecule has 0 saturated carbocycles. The highest BCUT2D eigenvalue weighted by Crippen LogP contribution is 2.09. The molecule has 0 aromatic rings. The molecule has 1 unspecified atom stereocenters. The number of hydrogen-bond donors (Lipinski definition) is 1. The fraction of sp³-hybridized carbons (Fsp3) is 1.00. The topological polar surface area (TPSA) is 32.5 Å². The summed E-state index contributed by atoms with van der Waals surface area (Å²) in [7, 11) is 0. The predicted octanol–water partition coefficient (Wildman–Crippen LogP) is 1.78. The third-order valence-electron chi connectivity index (χ3n) is 4.08. The van der Waals surface area contributed by atoms with Gasteiger partial charge in [0.05, 0.1) is 0 Å². The number of likely N-dealkylation sites (tertiary alicyclic amines) is 1. The summed E-state index contributed by atoms with van der Waals surface area (Å²) in [5.74, 6) is 0.824. The molecule has 1 aliphatic heterocycles. The molecule has 3 nitrogen and oxygen atoms in total. The van der Waals surface area contributed by atoms with Crippen molar-refractivity contribution in [2.24, 2.45) is 11.7 Å². The number of hydrogen-bond acceptors (Lipinski definition) is 3. The van der Waals surface area contributed by atoms with Crippen LogP contribution in [0.4, 0.5) is 0 Å². The lowest BCUT2D eigenvalue weighted by atomic mass is 10.1. The van der Waals surface area contributed by atoms with Crippen LogP contribution in [-0.4, -0.2) is 55.1 Å². The summed E-state index contributed by atoms with van der Waals surface area (Å²) in [5.41, 5.74) is 5.93. The van der Waals surface area contributed by atoms with Crippen molar-refractivity contribution in [2.45, 2.75) is 46.1 Å². The zero-order valence-electron chi connectivity index (χ0n) is 12.0. The number of piperidine rings is 1. The first-order chi connectivity index (χ1) is 8.15. The third-order valence-corrected chi connectivity index (χ3v) is 4.08. The molecule has 2 N–H and O–H groups in total. The van der Waals surface area contributed by atoms with Gasteiger partial charge in [-0.1, -0.05) is 27.2 Å². The van der Waals surface area contributed by atoms with Gasteiger partial charge >= 0.3 is 0 Å². The molecule has 1 atom stereocenters. The van der Waals surface area contributed by atoms with Gasteiger partial charge in [-0.05, 0) is 38.4 Å². The molecule has 0 spiro atoms. The van der Waals surface area contributed by atoms with Gasteiger partial charge in [0.25, 0.3) is 0 Å². The molecule has 0 aliphatic carbocycles. The Balaban J connectivity index is 2.18. The van der Waals surface area contributed by atoms with Crippen LogP contribution in [0.1, 0.15) is 40.0 Å². The number of nitrogens with two attached hydrogens (primary N) is 1. The molecule has 0 amide bonds. The van der Waals surface area contributed by atoms with E-state index >= 15 is 0 Å². The van der Waals surface area contributed by atoms with Crippen LogP contribution in [0.15, 0.2) is 0 Å². The van der Waals surface area contributed by atoms with Crippen molar-refractivity contribution >= 4 is 0 Å². The van der Waals surface area contributed by atoms with Gasteiger partial charge in [-0.2, -0.15) is 0 Å². The summed E-state index contributed by atoms with van der Waals surface area (Å²) in [6.45, 7) is 14.2. The van der Waals surface area contributed by atoms with Crippen molar-refractivity contribution < 1.29 is 0 Å². The Hall–Kier alpha value is -0.120. The molecular weight excluding hydrogens is 210 g/mol. The van der Waals surface area contributed by atoms with Gasteiger partial charge in [-0.15, -0.1) is 0 Å². The predicted molar refractivity (Wildman–Crippen MR) is 75.2 cm³/mol. The van der Waals surface area contributed by atoms with Crippen LogP contribution < -0.4 is 5.73 Å². The van der Waals surface area contributed by atoms with Gasteiger partial charge in [0.2, 0.25) is 0 Å². The summed E-state index contributed by atoms with van der Waals surface area (Å²) in [6.07, 6.45) is 3.64. The Labute approximate surface area is 107 Å². The van der Waals surface area contributed by atoms with E-state index in [0.717, 1.165) is 5.92 Å². The molecular formula is C14H31N3. The van der Waals surface area contributed by atoms with Crippen LogP contribution in [0, 0.1) is 5.92 Å². The molecule has 1 fully saturated rings. The highest BCUT2D eigenvalue weighted by molar-refractivity contribution is 4.75. The van der Waals surface area contributed by atoms with E-state index in [4.69, 9.17) is 5.73 Å². The first kappa shape index (κ1) is 14.9. The Morgan fingerprint density at radius 1 is 1.29 bits per heavy atom. The van der Waals surface area contributed by atoms with Gasteiger partial charge in [0.15, 0.2) is 0 Å². The lowest BCUT2D eigenvalue weighted by Gasteiger charge is -2.32. The van der Waals surface area contributed by atoms with E-state index in [9.17, 15) is 0 Å². The van der Waals surface area contributed by atoms with E-state index in [2.05, 4.69) is 30.6 Å². The van der Waals surface area contributed by atoms with Crippen LogP contribution in [0.5, 0.6) is 0 Å². The van der Waals surface area contributed by atoms with Crippen LogP contribution in [0.25, 0.3) is 0 Å². The molecule has 0 radical (unpaired) electrons. The van der Waals surface area contributed by atoms with E-state index in [1.807, 2.05) is 0 Å². The van der Waals surface area contributed by atoms with Gasteiger partial charge in [-0.25, -0.2) is 0 Å². The molecule has 3 heteroatoms. The van der Waals surface area contributed by atoms with E-state index in [0.29, 0.717) is 6.04 Å². The Kier molecular flexibility index (Phi) is 7.09. The first-order valence-corrected chi connectivity index (χ1v) is 7.36. The normalized spacial score (nSPS) is 21.0. The first-order valence-electron chi connectivity index (χ1n) is 7.36. The largest absolute Gasteiger partial charge is 0.328 e.